The van der Waals surface area contributed by atoms with E-state index in [1.165, 1.54) is 18.2 Å². The molecule has 6 heteroatoms. The zero-order valence-corrected chi connectivity index (χ0v) is 12.3. The minimum atomic E-state index is -0.581. The van der Waals surface area contributed by atoms with Gasteiger partial charge in [0.25, 0.3) is 0 Å². The van der Waals surface area contributed by atoms with E-state index in [0.29, 0.717) is 18.1 Å². The summed E-state index contributed by atoms with van der Waals surface area (Å²) in [6, 6.07) is 12.8. The van der Waals surface area contributed by atoms with Gasteiger partial charge in [-0.25, -0.2) is 4.79 Å². The van der Waals surface area contributed by atoms with Crippen molar-refractivity contribution in [3.05, 3.63) is 64.2 Å². The average molecular weight is 313 g/mol. The Bertz CT molecular complexity index is 725. The number of rotatable bonds is 6. The molecule has 0 heterocycles. The first-order chi connectivity index (χ1) is 11.1. The van der Waals surface area contributed by atoms with Crippen LogP contribution in [0, 0.1) is 16.0 Å². The summed E-state index contributed by atoms with van der Waals surface area (Å²) >= 11 is 0. The van der Waals surface area contributed by atoms with Gasteiger partial charge in [0.1, 0.15) is 0 Å². The number of nitrogens with zero attached hydrogens (tertiary/aromatic N) is 1. The van der Waals surface area contributed by atoms with Gasteiger partial charge < -0.3 is 9.47 Å². The quantitative estimate of drug-likeness (QED) is 0.352. The number of para-hydroxylation sites is 1. The smallest absolute Gasteiger partial charge is 0.343 e. The predicted molar refractivity (Wildman–Crippen MR) is 82.7 cm³/mol. The average Bonchev–Trinajstić information content (AvgIpc) is 3.38. The highest BCUT2D eigenvalue weighted by Crippen LogP contribution is 2.39. The second kappa shape index (κ2) is 6.48. The zero-order chi connectivity index (χ0) is 16.2. The SMILES string of the molecule is O=C(Oc1cccc([N+](=O)[O-])c1OCC1CC1)c1ccccc1. The zero-order valence-electron chi connectivity index (χ0n) is 12.3. The summed E-state index contributed by atoms with van der Waals surface area (Å²) in [6.07, 6.45) is 2.11. The molecule has 6 nitrogen and oxygen atoms in total. The van der Waals surface area contributed by atoms with E-state index in [4.69, 9.17) is 9.47 Å². The van der Waals surface area contributed by atoms with Gasteiger partial charge in [0.05, 0.1) is 17.1 Å². The molecule has 2 aromatic carbocycles. The fourth-order valence-electron chi connectivity index (χ4n) is 2.09. The lowest BCUT2D eigenvalue weighted by atomic mass is 10.2. The van der Waals surface area contributed by atoms with Crippen molar-refractivity contribution in [2.24, 2.45) is 5.92 Å². The molecule has 0 bridgehead atoms. The van der Waals surface area contributed by atoms with E-state index in [1.54, 1.807) is 30.3 Å². The molecule has 118 valence electrons. The topological polar surface area (TPSA) is 78.7 Å². The van der Waals surface area contributed by atoms with Gasteiger partial charge in [0.2, 0.25) is 5.75 Å². The van der Waals surface area contributed by atoms with Crippen LogP contribution in [0.1, 0.15) is 23.2 Å². The Kier molecular flexibility index (Phi) is 4.23. The maximum Gasteiger partial charge on any atom is 0.343 e. The number of benzene rings is 2. The molecule has 1 saturated carbocycles. The van der Waals surface area contributed by atoms with Crippen LogP contribution in [0.25, 0.3) is 0 Å². The van der Waals surface area contributed by atoms with Crippen LogP contribution >= 0.6 is 0 Å². The number of nitro benzene ring substituents is 1. The van der Waals surface area contributed by atoms with Gasteiger partial charge in [-0.05, 0) is 37.0 Å². The fraction of sp³-hybridized carbons (Fsp3) is 0.235. The Labute approximate surface area is 132 Å². The van der Waals surface area contributed by atoms with E-state index in [9.17, 15) is 14.9 Å². The number of esters is 1. The van der Waals surface area contributed by atoms with E-state index < -0.39 is 10.9 Å². The summed E-state index contributed by atoms with van der Waals surface area (Å²) in [5.74, 6) is -0.0859. The van der Waals surface area contributed by atoms with Crippen molar-refractivity contribution in [2.75, 3.05) is 6.61 Å². The molecule has 0 aliphatic heterocycles. The highest BCUT2D eigenvalue weighted by atomic mass is 16.6. The lowest BCUT2D eigenvalue weighted by Crippen LogP contribution is -2.11. The molecule has 0 spiro atoms. The molecule has 1 aliphatic rings. The molecule has 0 atom stereocenters. The number of ether oxygens (including phenoxy) is 2. The van der Waals surface area contributed by atoms with Crippen LogP contribution in [0.4, 0.5) is 5.69 Å². The van der Waals surface area contributed by atoms with Crippen molar-refractivity contribution >= 4 is 11.7 Å². The Morgan fingerprint density at radius 3 is 2.52 bits per heavy atom. The number of nitro groups is 1. The molecule has 1 fully saturated rings. The van der Waals surface area contributed by atoms with Crippen molar-refractivity contribution < 1.29 is 19.2 Å². The monoisotopic (exact) mass is 313 g/mol. The summed E-state index contributed by atoms with van der Waals surface area (Å²) in [6.45, 7) is 0.390. The summed E-state index contributed by atoms with van der Waals surface area (Å²) < 4.78 is 10.9. The van der Waals surface area contributed by atoms with Crippen molar-refractivity contribution in [1.29, 1.82) is 0 Å². The first-order valence-electron chi connectivity index (χ1n) is 7.32. The van der Waals surface area contributed by atoms with Crippen molar-refractivity contribution in [1.82, 2.24) is 0 Å². The van der Waals surface area contributed by atoms with E-state index in [2.05, 4.69) is 0 Å². The van der Waals surface area contributed by atoms with Gasteiger partial charge in [0, 0.05) is 6.07 Å². The van der Waals surface area contributed by atoms with Gasteiger partial charge in [-0.15, -0.1) is 0 Å². The van der Waals surface area contributed by atoms with Crippen molar-refractivity contribution in [3.63, 3.8) is 0 Å². The van der Waals surface area contributed by atoms with E-state index in [1.807, 2.05) is 0 Å². The van der Waals surface area contributed by atoms with Crippen molar-refractivity contribution in [2.45, 2.75) is 12.8 Å². The number of carbonyl (C=O) groups excluding carboxylic acids is 1. The second-order valence-electron chi connectivity index (χ2n) is 5.37. The molecular formula is C17H15NO5. The third-order valence-electron chi connectivity index (χ3n) is 3.53. The molecule has 0 N–H and O–H groups in total. The van der Waals surface area contributed by atoms with E-state index in [-0.39, 0.29) is 17.2 Å². The highest BCUT2D eigenvalue weighted by Gasteiger charge is 2.27. The van der Waals surface area contributed by atoms with Crippen LogP contribution in [-0.2, 0) is 0 Å². The van der Waals surface area contributed by atoms with Gasteiger partial charge in [-0.3, -0.25) is 10.1 Å². The summed E-state index contributed by atoms with van der Waals surface area (Å²) in [5.41, 5.74) is 0.163. The van der Waals surface area contributed by atoms with E-state index in [0.717, 1.165) is 12.8 Å². The molecule has 0 aromatic heterocycles. The van der Waals surface area contributed by atoms with Crippen LogP contribution < -0.4 is 9.47 Å². The third kappa shape index (κ3) is 3.66. The van der Waals surface area contributed by atoms with Crippen molar-refractivity contribution in [3.8, 4) is 11.5 Å². The third-order valence-corrected chi connectivity index (χ3v) is 3.53. The molecule has 0 radical (unpaired) electrons. The van der Waals surface area contributed by atoms with Gasteiger partial charge >= 0.3 is 11.7 Å². The lowest BCUT2D eigenvalue weighted by molar-refractivity contribution is -0.385. The van der Waals surface area contributed by atoms with Crippen LogP contribution in [0.2, 0.25) is 0 Å². The molecule has 3 rings (SSSR count). The molecular weight excluding hydrogens is 298 g/mol. The minimum Gasteiger partial charge on any atom is -0.484 e. The molecule has 2 aromatic rings. The van der Waals surface area contributed by atoms with Crippen LogP contribution in [0.5, 0.6) is 11.5 Å². The molecule has 1 aliphatic carbocycles. The second-order valence-corrected chi connectivity index (χ2v) is 5.37. The van der Waals surface area contributed by atoms with Crippen LogP contribution in [0.3, 0.4) is 0 Å². The predicted octanol–water partition coefficient (Wildman–Crippen LogP) is 3.60. The standard InChI is InChI=1S/C17H15NO5/c19-17(13-5-2-1-3-6-13)23-15-8-4-7-14(18(20)21)16(15)22-11-12-9-10-12/h1-8,12H,9-11H2. The molecule has 0 amide bonds. The van der Waals surface area contributed by atoms with Crippen LogP contribution in [-0.4, -0.2) is 17.5 Å². The Hall–Kier alpha value is -2.89. The summed E-state index contributed by atoms with van der Waals surface area (Å²) in [7, 11) is 0. The highest BCUT2D eigenvalue weighted by molar-refractivity contribution is 5.91. The Morgan fingerprint density at radius 1 is 1.13 bits per heavy atom. The first-order valence-corrected chi connectivity index (χ1v) is 7.32. The van der Waals surface area contributed by atoms with Gasteiger partial charge in [-0.1, -0.05) is 24.3 Å². The number of hydrogen-bond donors (Lipinski definition) is 0. The maximum absolute atomic E-state index is 12.2. The summed E-state index contributed by atoms with van der Waals surface area (Å²) in [5, 5.41) is 11.2. The first kappa shape index (κ1) is 15.0. The van der Waals surface area contributed by atoms with Crippen LogP contribution in [0.15, 0.2) is 48.5 Å². The Morgan fingerprint density at radius 2 is 1.87 bits per heavy atom. The summed E-state index contributed by atoms with van der Waals surface area (Å²) in [4.78, 5) is 22.8. The largest absolute Gasteiger partial charge is 0.484 e. The van der Waals surface area contributed by atoms with E-state index >= 15 is 0 Å². The normalized spacial score (nSPS) is 13.4. The number of carbonyl (C=O) groups is 1. The van der Waals surface area contributed by atoms with Gasteiger partial charge in [0.15, 0.2) is 5.75 Å². The number of hydrogen-bond acceptors (Lipinski definition) is 5. The fourth-order valence-corrected chi connectivity index (χ4v) is 2.09. The van der Waals surface area contributed by atoms with Gasteiger partial charge in [-0.2, -0.15) is 0 Å². The molecule has 0 unspecified atom stereocenters. The Balaban J connectivity index is 1.86. The maximum atomic E-state index is 12.2. The molecule has 23 heavy (non-hydrogen) atoms. The molecule has 0 saturated heterocycles. The lowest BCUT2D eigenvalue weighted by Gasteiger charge is -2.11. The minimum absolute atomic E-state index is 0.00804.